The van der Waals surface area contributed by atoms with Crippen LogP contribution in [0.25, 0.3) is 0 Å². The molecule has 1 aliphatic carbocycles. The zero-order chi connectivity index (χ0) is 16.3. The maximum atomic E-state index is 13.3. The molecule has 4 nitrogen and oxygen atoms in total. The highest BCUT2D eigenvalue weighted by atomic mass is 19.1. The highest BCUT2D eigenvalue weighted by molar-refractivity contribution is 5.80. The number of carbonyl (C=O) groups is 2. The van der Waals surface area contributed by atoms with Gasteiger partial charge >= 0.3 is 5.97 Å². The van der Waals surface area contributed by atoms with Crippen molar-refractivity contribution >= 4 is 11.9 Å². The monoisotopic (exact) mass is 307 g/mol. The molecule has 0 radical (unpaired) electrons. The summed E-state index contributed by atoms with van der Waals surface area (Å²) in [4.78, 5) is 23.3. The SMILES string of the molecule is CC(C)(NC(=O)C1CCC(C(=O)O)CC1)c1cccc(F)c1. The number of hydrogen-bond donors (Lipinski definition) is 2. The second kappa shape index (κ2) is 6.46. The van der Waals surface area contributed by atoms with Crippen molar-refractivity contribution in [3.8, 4) is 0 Å². The van der Waals surface area contributed by atoms with E-state index in [0.717, 1.165) is 0 Å². The molecule has 0 aliphatic heterocycles. The Morgan fingerprint density at radius 1 is 1.18 bits per heavy atom. The molecule has 0 aromatic heterocycles. The van der Waals surface area contributed by atoms with Crippen molar-refractivity contribution in [1.82, 2.24) is 5.32 Å². The van der Waals surface area contributed by atoms with Gasteiger partial charge in [0.1, 0.15) is 5.82 Å². The molecular formula is C17H22FNO3. The molecular weight excluding hydrogens is 285 g/mol. The van der Waals surface area contributed by atoms with Gasteiger partial charge in [-0.05, 0) is 57.2 Å². The average molecular weight is 307 g/mol. The predicted octanol–water partition coefficient (Wildman–Crippen LogP) is 3.07. The maximum Gasteiger partial charge on any atom is 0.306 e. The minimum atomic E-state index is -0.779. The van der Waals surface area contributed by atoms with Gasteiger partial charge in [-0.2, -0.15) is 0 Å². The van der Waals surface area contributed by atoms with E-state index >= 15 is 0 Å². The number of amides is 1. The first-order valence-corrected chi connectivity index (χ1v) is 7.60. The Balaban J connectivity index is 1.98. The molecule has 0 saturated heterocycles. The summed E-state index contributed by atoms with van der Waals surface area (Å²) in [6.07, 6.45) is 2.24. The summed E-state index contributed by atoms with van der Waals surface area (Å²) in [6.45, 7) is 3.67. The molecule has 2 N–H and O–H groups in total. The molecule has 0 bridgehead atoms. The van der Waals surface area contributed by atoms with Crippen molar-refractivity contribution < 1.29 is 19.1 Å². The first kappa shape index (κ1) is 16.5. The van der Waals surface area contributed by atoms with Crippen LogP contribution >= 0.6 is 0 Å². The lowest BCUT2D eigenvalue weighted by atomic mass is 9.81. The smallest absolute Gasteiger partial charge is 0.306 e. The van der Waals surface area contributed by atoms with E-state index in [9.17, 15) is 14.0 Å². The van der Waals surface area contributed by atoms with Crippen molar-refractivity contribution in [1.29, 1.82) is 0 Å². The second-order valence-electron chi connectivity index (χ2n) is 6.51. The van der Waals surface area contributed by atoms with Gasteiger partial charge in [0.05, 0.1) is 11.5 Å². The number of halogens is 1. The molecule has 0 unspecified atom stereocenters. The predicted molar refractivity (Wildman–Crippen MR) is 80.7 cm³/mol. The van der Waals surface area contributed by atoms with E-state index < -0.39 is 11.5 Å². The van der Waals surface area contributed by atoms with Gasteiger partial charge in [0.25, 0.3) is 0 Å². The van der Waals surface area contributed by atoms with Crippen molar-refractivity contribution in [2.45, 2.75) is 45.1 Å². The van der Waals surface area contributed by atoms with Gasteiger partial charge in [0.15, 0.2) is 0 Å². The van der Waals surface area contributed by atoms with Crippen molar-refractivity contribution in [2.75, 3.05) is 0 Å². The van der Waals surface area contributed by atoms with E-state index in [0.29, 0.717) is 31.2 Å². The van der Waals surface area contributed by atoms with Gasteiger partial charge in [-0.1, -0.05) is 12.1 Å². The van der Waals surface area contributed by atoms with Gasteiger partial charge in [-0.15, -0.1) is 0 Å². The molecule has 1 aromatic carbocycles. The summed E-state index contributed by atoms with van der Waals surface area (Å²) in [7, 11) is 0. The van der Waals surface area contributed by atoms with E-state index in [-0.39, 0.29) is 23.6 Å². The van der Waals surface area contributed by atoms with Crippen molar-refractivity contribution in [2.24, 2.45) is 11.8 Å². The van der Waals surface area contributed by atoms with Crippen molar-refractivity contribution in [3.63, 3.8) is 0 Å². The number of carboxylic acids is 1. The minimum absolute atomic E-state index is 0.0851. The lowest BCUT2D eigenvalue weighted by molar-refractivity contribution is -0.144. The highest BCUT2D eigenvalue weighted by Crippen LogP contribution is 2.30. The lowest BCUT2D eigenvalue weighted by Gasteiger charge is -2.31. The van der Waals surface area contributed by atoms with Gasteiger partial charge < -0.3 is 10.4 Å². The number of nitrogens with one attached hydrogen (secondary N) is 1. The summed E-state index contributed by atoms with van der Waals surface area (Å²) < 4.78 is 13.3. The molecule has 0 atom stereocenters. The van der Waals surface area contributed by atoms with Gasteiger partial charge in [0.2, 0.25) is 5.91 Å². The summed E-state index contributed by atoms with van der Waals surface area (Å²) in [5.74, 6) is -1.69. The Morgan fingerprint density at radius 3 is 2.32 bits per heavy atom. The van der Waals surface area contributed by atoms with Crippen LogP contribution in [0.5, 0.6) is 0 Å². The number of carbonyl (C=O) groups excluding carboxylic acids is 1. The van der Waals surface area contributed by atoms with Crippen LogP contribution in [0.4, 0.5) is 4.39 Å². The molecule has 1 amide bonds. The van der Waals surface area contributed by atoms with E-state index in [1.807, 2.05) is 13.8 Å². The number of benzene rings is 1. The van der Waals surface area contributed by atoms with Gasteiger partial charge in [0, 0.05) is 5.92 Å². The fourth-order valence-electron chi connectivity index (χ4n) is 2.96. The van der Waals surface area contributed by atoms with Gasteiger partial charge in [-0.25, -0.2) is 4.39 Å². The Morgan fingerprint density at radius 2 is 1.77 bits per heavy atom. The maximum absolute atomic E-state index is 13.3. The van der Waals surface area contributed by atoms with Crippen LogP contribution in [0.2, 0.25) is 0 Å². The number of rotatable bonds is 4. The zero-order valence-electron chi connectivity index (χ0n) is 12.9. The number of aliphatic carboxylic acids is 1. The Hall–Kier alpha value is -1.91. The van der Waals surface area contributed by atoms with E-state index in [1.165, 1.54) is 12.1 Å². The van der Waals surface area contributed by atoms with Crippen LogP contribution in [-0.4, -0.2) is 17.0 Å². The summed E-state index contributed by atoms with van der Waals surface area (Å²) in [5.41, 5.74) is 0.0445. The molecule has 22 heavy (non-hydrogen) atoms. The van der Waals surface area contributed by atoms with E-state index in [4.69, 9.17) is 5.11 Å². The summed E-state index contributed by atoms with van der Waals surface area (Å²) in [5, 5.41) is 11.9. The Kier molecular flexibility index (Phi) is 4.84. The largest absolute Gasteiger partial charge is 0.481 e. The minimum Gasteiger partial charge on any atom is -0.481 e. The third kappa shape index (κ3) is 3.84. The summed E-state index contributed by atoms with van der Waals surface area (Å²) >= 11 is 0. The first-order chi connectivity index (χ1) is 10.3. The van der Waals surface area contributed by atoms with Crippen molar-refractivity contribution in [3.05, 3.63) is 35.6 Å². The molecule has 1 aromatic rings. The fraction of sp³-hybridized carbons (Fsp3) is 0.529. The van der Waals surface area contributed by atoms with Crippen LogP contribution in [0.15, 0.2) is 24.3 Å². The quantitative estimate of drug-likeness (QED) is 0.898. The molecule has 0 heterocycles. The number of carboxylic acid groups (broad SMARTS) is 1. The highest BCUT2D eigenvalue weighted by Gasteiger charge is 2.32. The normalized spacial score (nSPS) is 22.1. The zero-order valence-corrected chi connectivity index (χ0v) is 12.9. The fourth-order valence-corrected chi connectivity index (χ4v) is 2.96. The van der Waals surface area contributed by atoms with Gasteiger partial charge in [-0.3, -0.25) is 9.59 Å². The van der Waals surface area contributed by atoms with Crippen LogP contribution < -0.4 is 5.32 Å². The Labute approximate surface area is 129 Å². The van der Waals surface area contributed by atoms with Crippen LogP contribution in [0, 0.1) is 17.7 Å². The molecule has 1 fully saturated rings. The molecule has 5 heteroatoms. The molecule has 1 aliphatic rings. The number of hydrogen-bond acceptors (Lipinski definition) is 2. The third-order valence-corrected chi connectivity index (χ3v) is 4.43. The standard InChI is InChI=1S/C17H22FNO3/c1-17(2,13-4-3-5-14(18)10-13)19-15(20)11-6-8-12(9-7-11)16(21)22/h3-5,10-12H,6-9H2,1-2H3,(H,19,20)(H,21,22). The Bertz CT molecular complexity index is 563. The summed E-state index contributed by atoms with van der Waals surface area (Å²) in [6, 6.07) is 6.19. The first-order valence-electron chi connectivity index (χ1n) is 7.60. The van der Waals surface area contributed by atoms with Crippen LogP contribution in [0.1, 0.15) is 45.1 Å². The lowest BCUT2D eigenvalue weighted by Crippen LogP contribution is -2.45. The van der Waals surface area contributed by atoms with Crippen LogP contribution in [-0.2, 0) is 15.1 Å². The second-order valence-corrected chi connectivity index (χ2v) is 6.51. The average Bonchev–Trinajstić information content (AvgIpc) is 2.47. The van der Waals surface area contributed by atoms with E-state index in [2.05, 4.69) is 5.32 Å². The molecule has 2 rings (SSSR count). The topological polar surface area (TPSA) is 66.4 Å². The molecule has 1 saturated carbocycles. The molecule has 0 spiro atoms. The third-order valence-electron chi connectivity index (χ3n) is 4.43. The van der Waals surface area contributed by atoms with E-state index in [1.54, 1.807) is 12.1 Å². The van der Waals surface area contributed by atoms with Crippen LogP contribution in [0.3, 0.4) is 0 Å². The molecule has 120 valence electrons.